The van der Waals surface area contributed by atoms with Crippen LogP contribution in [0.3, 0.4) is 0 Å². The number of benzene rings is 1. The van der Waals surface area contributed by atoms with E-state index in [0.717, 1.165) is 24.9 Å². The Labute approximate surface area is 115 Å². The van der Waals surface area contributed by atoms with Crippen molar-refractivity contribution in [1.82, 2.24) is 4.90 Å². The van der Waals surface area contributed by atoms with Gasteiger partial charge in [-0.15, -0.1) is 0 Å². The Morgan fingerprint density at radius 2 is 1.79 bits per heavy atom. The average molecular weight is 283 g/mol. The van der Waals surface area contributed by atoms with E-state index in [0.29, 0.717) is 17.8 Å². The quantitative estimate of drug-likeness (QED) is 0.880. The Morgan fingerprint density at radius 3 is 2.26 bits per heavy atom. The van der Waals surface area contributed by atoms with Crippen LogP contribution in [0.4, 0.5) is 11.4 Å². The number of anilines is 2. The first-order valence-corrected chi connectivity index (χ1v) is 8.27. The zero-order valence-electron chi connectivity index (χ0n) is 11.6. The van der Waals surface area contributed by atoms with Gasteiger partial charge in [0.05, 0.1) is 6.26 Å². The summed E-state index contributed by atoms with van der Waals surface area (Å²) in [6, 6.07) is 8.39. The van der Waals surface area contributed by atoms with Crippen molar-refractivity contribution in [2.75, 3.05) is 29.9 Å². The molecule has 5 nitrogen and oxygen atoms in total. The summed E-state index contributed by atoms with van der Waals surface area (Å²) < 4.78 is 24.7. The van der Waals surface area contributed by atoms with Crippen molar-refractivity contribution in [3.63, 3.8) is 0 Å². The second kappa shape index (κ2) is 5.38. The van der Waals surface area contributed by atoms with E-state index >= 15 is 0 Å². The second-order valence-electron chi connectivity index (χ2n) is 5.32. The summed E-state index contributed by atoms with van der Waals surface area (Å²) in [6.07, 6.45) is 2.27. The SMILES string of the molecule is CC1CC(Nc2ccc(NS(C)(=O)=O)cc2)CN1C. The third-order valence-corrected chi connectivity index (χ3v) is 4.05. The Bertz CT molecular complexity index is 517. The van der Waals surface area contributed by atoms with Crippen LogP contribution in [0.15, 0.2) is 24.3 Å². The zero-order chi connectivity index (χ0) is 14.0. The van der Waals surface area contributed by atoms with Gasteiger partial charge in [-0.05, 0) is 44.7 Å². The summed E-state index contributed by atoms with van der Waals surface area (Å²) in [5.41, 5.74) is 1.61. The van der Waals surface area contributed by atoms with E-state index < -0.39 is 10.0 Å². The van der Waals surface area contributed by atoms with Crippen LogP contribution in [-0.2, 0) is 10.0 Å². The van der Waals surface area contributed by atoms with Crippen molar-refractivity contribution < 1.29 is 8.42 Å². The van der Waals surface area contributed by atoms with Crippen LogP contribution < -0.4 is 10.0 Å². The van der Waals surface area contributed by atoms with E-state index in [9.17, 15) is 8.42 Å². The van der Waals surface area contributed by atoms with Crippen LogP contribution >= 0.6 is 0 Å². The molecule has 1 aromatic carbocycles. The first kappa shape index (κ1) is 14.1. The molecule has 1 heterocycles. The maximum atomic E-state index is 11.1. The average Bonchev–Trinajstić information content (AvgIpc) is 2.59. The fourth-order valence-electron chi connectivity index (χ4n) is 2.38. The van der Waals surface area contributed by atoms with Crippen molar-refractivity contribution in [1.29, 1.82) is 0 Å². The summed E-state index contributed by atoms with van der Waals surface area (Å²) in [4.78, 5) is 2.33. The molecular weight excluding hydrogens is 262 g/mol. The summed E-state index contributed by atoms with van der Waals surface area (Å²) in [6.45, 7) is 3.26. The van der Waals surface area contributed by atoms with Crippen molar-refractivity contribution in [2.24, 2.45) is 0 Å². The minimum atomic E-state index is -3.20. The molecule has 2 N–H and O–H groups in total. The lowest BCUT2D eigenvalue weighted by atomic mass is 10.2. The van der Waals surface area contributed by atoms with E-state index in [-0.39, 0.29) is 0 Å². The highest BCUT2D eigenvalue weighted by atomic mass is 32.2. The lowest BCUT2D eigenvalue weighted by Gasteiger charge is -2.14. The number of rotatable bonds is 4. The lowest BCUT2D eigenvalue weighted by molar-refractivity contribution is 0.330. The van der Waals surface area contributed by atoms with E-state index in [2.05, 4.69) is 28.9 Å². The summed E-state index contributed by atoms with van der Waals surface area (Å²) in [7, 11) is -1.07. The van der Waals surface area contributed by atoms with Gasteiger partial charge in [0.2, 0.25) is 10.0 Å². The Kier molecular flexibility index (Phi) is 4.01. The van der Waals surface area contributed by atoms with E-state index in [1.54, 1.807) is 12.1 Å². The topological polar surface area (TPSA) is 61.4 Å². The van der Waals surface area contributed by atoms with Gasteiger partial charge in [-0.3, -0.25) is 4.72 Å². The van der Waals surface area contributed by atoms with Crippen molar-refractivity contribution in [3.8, 4) is 0 Å². The van der Waals surface area contributed by atoms with Crippen LogP contribution in [0, 0.1) is 0 Å². The van der Waals surface area contributed by atoms with Crippen molar-refractivity contribution in [3.05, 3.63) is 24.3 Å². The van der Waals surface area contributed by atoms with Gasteiger partial charge in [0.15, 0.2) is 0 Å². The molecule has 1 aromatic rings. The van der Waals surface area contributed by atoms with Gasteiger partial charge in [-0.1, -0.05) is 0 Å². The number of nitrogens with one attached hydrogen (secondary N) is 2. The maximum Gasteiger partial charge on any atom is 0.229 e. The molecule has 2 atom stereocenters. The molecule has 0 amide bonds. The number of likely N-dealkylation sites (tertiary alicyclic amines) is 1. The first-order chi connectivity index (χ1) is 8.83. The minimum absolute atomic E-state index is 0.453. The van der Waals surface area contributed by atoms with Gasteiger partial charge in [-0.25, -0.2) is 8.42 Å². The first-order valence-electron chi connectivity index (χ1n) is 6.38. The molecule has 0 aromatic heterocycles. The van der Waals surface area contributed by atoms with Gasteiger partial charge in [0.1, 0.15) is 0 Å². The molecule has 0 spiro atoms. The maximum absolute atomic E-state index is 11.1. The second-order valence-corrected chi connectivity index (χ2v) is 7.07. The van der Waals surface area contributed by atoms with Gasteiger partial charge in [0, 0.05) is 30.0 Å². The fourth-order valence-corrected chi connectivity index (χ4v) is 2.95. The normalized spacial score (nSPS) is 24.4. The van der Waals surface area contributed by atoms with Crippen molar-refractivity contribution in [2.45, 2.75) is 25.4 Å². The predicted octanol–water partition coefficient (Wildman–Crippen LogP) is 1.56. The summed E-state index contributed by atoms with van der Waals surface area (Å²) in [5.74, 6) is 0. The number of nitrogens with zero attached hydrogens (tertiary/aromatic N) is 1. The predicted molar refractivity (Wildman–Crippen MR) is 79.0 cm³/mol. The molecule has 0 radical (unpaired) electrons. The number of sulfonamides is 1. The van der Waals surface area contributed by atoms with E-state index in [1.807, 2.05) is 12.1 Å². The monoisotopic (exact) mass is 283 g/mol. The van der Waals surface area contributed by atoms with Crippen LogP contribution in [0.25, 0.3) is 0 Å². The summed E-state index contributed by atoms with van der Waals surface area (Å²) in [5, 5.41) is 3.47. The molecule has 0 bridgehead atoms. The van der Waals surface area contributed by atoms with Gasteiger partial charge in [0.25, 0.3) is 0 Å². The molecule has 2 unspecified atom stereocenters. The number of likely N-dealkylation sites (N-methyl/N-ethyl adjacent to an activating group) is 1. The third kappa shape index (κ3) is 4.11. The molecule has 6 heteroatoms. The summed E-state index contributed by atoms with van der Waals surface area (Å²) >= 11 is 0. The highest BCUT2D eigenvalue weighted by Gasteiger charge is 2.25. The fraction of sp³-hybridized carbons (Fsp3) is 0.538. The molecule has 19 heavy (non-hydrogen) atoms. The molecule has 1 fully saturated rings. The smallest absolute Gasteiger partial charge is 0.229 e. The van der Waals surface area contributed by atoms with Gasteiger partial charge < -0.3 is 10.2 Å². The molecule has 0 aliphatic carbocycles. The molecule has 1 aliphatic heterocycles. The Morgan fingerprint density at radius 1 is 1.21 bits per heavy atom. The van der Waals surface area contributed by atoms with Crippen LogP contribution in [0.2, 0.25) is 0 Å². The van der Waals surface area contributed by atoms with E-state index in [1.165, 1.54) is 0 Å². The number of hydrogen-bond donors (Lipinski definition) is 2. The van der Waals surface area contributed by atoms with Gasteiger partial charge >= 0.3 is 0 Å². The van der Waals surface area contributed by atoms with Crippen LogP contribution in [0.1, 0.15) is 13.3 Å². The molecule has 2 rings (SSSR count). The standard InChI is InChI=1S/C13H21N3O2S/c1-10-8-13(9-16(10)2)14-11-4-6-12(7-5-11)15-19(3,17)18/h4-7,10,13-15H,8-9H2,1-3H3. The molecule has 0 saturated carbocycles. The minimum Gasteiger partial charge on any atom is -0.381 e. The highest BCUT2D eigenvalue weighted by molar-refractivity contribution is 7.92. The van der Waals surface area contributed by atoms with Crippen LogP contribution in [0.5, 0.6) is 0 Å². The molecule has 1 aliphatic rings. The highest BCUT2D eigenvalue weighted by Crippen LogP contribution is 2.21. The molecule has 106 valence electrons. The van der Waals surface area contributed by atoms with Crippen molar-refractivity contribution >= 4 is 21.4 Å². The number of hydrogen-bond acceptors (Lipinski definition) is 4. The molecular formula is C13H21N3O2S. The molecule has 1 saturated heterocycles. The largest absolute Gasteiger partial charge is 0.381 e. The Hall–Kier alpha value is -1.27. The van der Waals surface area contributed by atoms with Crippen LogP contribution in [-0.4, -0.2) is 45.2 Å². The van der Waals surface area contributed by atoms with E-state index in [4.69, 9.17) is 0 Å². The Balaban J connectivity index is 1.96. The van der Waals surface area contributed by atoms with Gasteiger partial charge in [-0.2, -0.15) is 0 Å². The lowest BCUT2D eigenvalue weighted by Crippen LogP contribution is -2.24. The third-order valence-electron chi connectivity index (χ3n) is 3.45. The zero-order valence-corrected chi connectivity index (χ0v) is 12.4.